The second-order valence-electron chi connectivity index (χ2n) is 5.04. The highest BCUT2D eigenvalue weighted by Gasteiger charge is 2.20. The van der Waals surface area contributed by atoms with Crippen LogP contribution in [0.2, 0.25) is 0 Å². The normalized spacial score (nSPS) is 24.4. The third-order valence-corrected chi connectivity index (χ3v) is 3.69. The van der Waals surface area contributed by atoms with E-state index in [1.54, 1.807) is 0 Å². The van der Waals surface area contributed by atoms with Crippen molar-refractivity contribution in [2.24, 2.45) is 0 Å². The van der Waals surface area contributed by atoms with Crippen LogP contribution < -0.4 is 0 Å². The molecule has 1 aromatic rings. The van der Waals surface area contributed by atoms with E-state index in [9.17, 15) is 5.11 Å². The average molecular weight is 252 g/mol. The maximum Gasteiger partial charge on any atom is 0.0888 e. The molecule has 1 N–H and O–H groups in total. The minimum atomic E-state index is -0.113. The zero-order chi connectivity index (χ0) is 13.0. The van der Waals surface area contributed by atoms with E-state index < -0.39 is 0 Å². The molecule has 18 heavy (non-hydrogen) atoms. The van der Waals surface area contributed by atoms with Crippen molar-refractivity contribution in [2.75, 3.05) is 0 Å². The number of ether oxygens (including phenoxy) is 1. The van der Waals surface area contributed by atoms with Crippen LogP contribution in [0.5, 0.6) is 0 Å². The molecule has 1 aliphatic rings. The molecular formula is C14H24N2O2. The van der Waals surface area contributed by atoms with Crippen LogP contribution in [0.1, 0.15) is 50.9 Å². The van der Waals surface area contributed by atoms with Gasteiger partial charge in [-0.3, -0.25) is 4.68 Å². The van der Waals surface area contributed by atoms with E-state index in [-0.39, 0.29) is 6.10 Å². The number of aromatic nitrogens is 2. The topological polar surface area (TPSA) is 47.3 Å². The molecule has 4 heteroatoms. The molecule has 1 heterocycles. The Morgan fingerprint density at radius 3 is 2.67 bits per heavy atom. The van der Waals surface area contributed by atoms with Gasteiger partial charge in [-0.15, -0.1) is 0 Å². The van der Waals surface area contributed by atoms with Gasteiger partial charge in [-0.1, -0.05) is 6.92 Å². The number of hydrogen-bond acceptors (Lipinski definition) is 3. The van der Waals surface area contributed by atoms with Crippen LogP contribution in [-0.2, 0) is 24.3 Å². The van der Waals surface area contributed by atoms with Crippen molar-refractivity contribution in [1.29, 1.82) is 0 Å². The molecule has 0 radical (unpaired) electrons. The zero-order valence-corrected chi connectivity index (χ0v) is 11.4. The first-order chi connectivity index (χ1) is 8.72. The molecular weight excluding hydrogens is 228 g/mol. The molecule has 2 rings (SSSR count). The van der Waals surface area contributed by atoms with Crippen molar-refractivity contribution in [3.8, 4) is 0 Å². The number of aryl methyl sites for hydroxylation is 2. The summed E-state index contributed by atoms with van der Waals surface area (Å²) in [6.45, 7) is 5.76. The molecule has 0 atom stereocenters. The number of aliphatic hydroxyl groups is 1. The quantitative estimate of drug-likeness (QED) is 0.874. The van der Waals surface area contributed by atoms with Crippen molar-refractivity contribution < 1.29 is 9.84 Å². The summed E-state index contributed by atoms with van der Waals surface area (Å²) in [5.74, 6) is 0. The lowest BCUT2D eigenvalue weighted by Crippen LogP contribution is -2.24. The Labute approximate surface area is 109 Å². The standard InChI is InChI=1S/C14H24N2O2/c1-3-11-9-12(16(4-2)15-11)10-18-14-7-5-13(17)6-8-14/h9,13-14,17H,3-8,10H2,1-2H3. The maximum atomic E-state index is 9.46. The van der Waals surface area contributed by atoms with Crippen LogP contribution in [-0.4, -0.2) is 27.1 Å². The Bertz CT molecular complexity index is 368. The fourth-order valence-corrected chi connectivity index (χ4v) is 2.49. The first kappa shape index (κ1) is 13.6. The summed E-state index contributed by atoms with van der Waals surface area (Å²) in [5, 5.41) is 14.0. The summed E-state index contributed by atoms with van der Waals surface area (Å²) in [7, 11) is 0. The van der Waals surface area contributed by atoms with Gasteiger partial charge in [0.05, 0.1) is 30.2 Å². The van der Waals surface area contributed by atoms with Gasteiger partial charge in [0.25, 0.3) is 0 Å². The van der Waals surface area contributed by atoms with Gasteiger partial charge in [0.2, 0.25) is 0 Å². The molecule has 1 aliphatic carbocycles. The molecule has 1 fully saturated rings. The second kappa shape index (κ2) is 6.34. The summed E-state index contributed by atoms with van der Waals surface area (Å²) in [5.41, 5.74) is 2.30. The molecule has 0 spiro atoms. The maximum absolute atomic E-state index is 9.46. The van der Waals surface area contributed by atoms with Crippen LogP contribution in [0.3, 0.4) is 0 Å². The van der Waals surface area contributed by atoms with Gasteiger partial charge in [-0.25, -0.2) is 0 Å². The van der Waals surface area contributed by atoms with Gasteiger partial charge in [-0.2, -0.15) is 5.10 Å². The molecule has 102 valence electrons. The molecule has 0 aliphatic heterocycles. The molecule has 0 bridgehead atoms. The highest BCUT2D eigenvalue weighted by molar-refractivity contribution is 5.09. The Balaban J connectivity index is 1.87. The molecule has 0 unspecified atom stereocenters. The minimum absolute atomic E-state index is 0.113. The molecule has 0 saturated heterocycles. The van der Waals surface area contributed by atoms with Crippen molar-refractivity contribution in [3.05, 3.63) is 17.5 Å². The Kier molecular flexibility index (Phi) is 4.78. The van der Waals surface area contributed by atoms with E-state index in [0.29, 0.717) is 12.7 Å². The fourth-order valence-electron chi connectivity index (χ4n) is 2.49. The molecule has 0 aromatic carbocycles. The predicted octanol–water partition coefficient (Wildman–Crippen LogP) is 2.29. The third-order valence-electron chi connectivity index (χ3n) is 3.69. The molecule has 1 aromatic heterocycles. The van der Waals surface area contributed by atoms with Crippen molar-refractivity contribution in [2.45, 2.75) is 71.3 Å². The monoisotopic (exact) mass is 252 g/mol. The molecule has 4 nitrogen and oxygen atoms in total. The summed E-state index contributed by atoms with van der Waals surface area (Å²) >= 11 is 0. The summed E-state index contributed by atoms with van der Waals surface area (Å²) < 4.78 is 7.97. The fraction of sp³-hybridized carbons (Fsp3) is 0.786. The lowest BCUT2D eigenvalue weighted by Gasteiger charge is -2.25. The number of rotatable bonds is 5. The summed E-state index contributed by atoms with van der Waals surface area (Å²) in [6, 6.07) is 2.14. The third kappa shape index (κ3) is 3.33. The van der Waals surface area contributed by atoms with E-state index in [4.69, 9.17) is 4.74 Å². The highest BCUT2D eigenvalue weighted by Crippen LogP contribution is 2.22. The second-order valence-corrected chi connectivity index (χ2v) is 5.04. The lowest BCUT2D eigenvalue weighted by atomic mass is 9.95. The van der Waals surface area contributed by atoms with Gasteiger partial charge >= 0.3 is 0 Å². The van der Waals surface area contributed by atoms with E-state index in [1.165, 1.54) is 5.69 Å². The van der Waals surface area contributed by atoms with Crippen LogP contribution >= 0.6 is 0 Å². The van der Waals surface area contributed by atoms with E-state index in [0.717, 1.165) is 44.3 Å². The van der Waals surface area contributed by atoms with Gasteiger partial charge < -0.3 is 9.84 Å². The first-order valence-corrected chi connectivity index (χ1v) is 7.08. The zero-order valence-electron chi connectivity index (χ0n) is 11.4. The SMILES string of the molecule is CCc1cc(COC2CCC(O)CC2)n(CC)n1. The van der Waals surface area contributed by atoms with Gasteiger partial charge in [0, 0.05) is 6.54 Å². The van der Waals surface area contributed by atoms with Gasteiger partial charge in [0.1, 0.15) is 0 Å². The van der Waals surface area contributed by atoms with Crippen LogP contribution in [0.25, 0.3) is 0 Å². The number of nitrogens with zero attached hydrogens (tertiary/aromatic N) is 2. The molecule has 0 amide bonds. The largest absolute Gasteiger partial charge is 0.393 e. The number of aliphatic hydroxyl groups excluding tert-OH is 1. The van der Waals surface area contributed by atoms with Crippen LogP contribution in [0, 0.1) is 0 Å². The van der Waals surface area contributed by atoms with Crippen molar-refractivity contribution in [3.63, 3.8) is 0 Å². The minimum Gasteiger partial charge on any atom is -0.393 e. The Morgan fingerprint density at radius 1 is 1.33 bits per heavy atom. The lowest BCUT2D eigenvalue weighted by molar-refractivity contribution is -0.0141. The van der Waals surface area contributed by atoms with Crippen LogP contribution in [0.15, 0.2) is 6.07 Å². The Morgan fingerprint density at radius 2 is 2.06 bits per heavy atom. The average Bonchev–Trinajstić information content (AvgIpc) is 2.80. The predicted molar refractivity (Wildman–Crippen MR) is 70.3 cm³/mol. The highest BCUT2D eigenvalue weighted by atomic mass is 16.5. The van der Waals surface area contributed by atoms with Crippen LogP contribution in [0.4, 0.5) is 0 Å². The molecule has 1 saturated carbocycles. The Hall–Kier alpha value is -0.870. The van der Waals surface area contributed by atoms with Crippen molar-refractivity contribution in [1.82, 2.24) is 9.78 Å². The first-order valence-electron chi connectivity index (χ1n) is 7.08. The van der Waals surface area contributed by atoms with Gasteiger partial charge in [0.15, 0.2) is 0 Å². The van der Waals surface area contributed by atoms with Gasteiger partial charge in [-0.05, 0) is 45.1 Å². The smallest absolute Gasteiger partial charge is 0.0888 e. The van der Waals surface area contributed by atoms with E-state index in [1.807, 2.05) is 4.68 Å². The van der Waals surface area contributed by atoms with E-state index >= 15 is 0 Å². The summed E-state index contributed by atoms with van der Waals surface area (Å²) in [4.78, 5) is 0. The number of hydrogen-bond donors (Lipinski definition) is 1. The van der Waals surface area contributed by atoms with E-state index in [2.05, 4.69) is 25.0 Å². The summed E-state index contributed by atoms with van der Waals surface area (Å²) in [6.07, 6.45) is 4.85. The van der Waals surface area contributed by atoms with Crippen molar-refractivity contribution >= 4 is 0 Å².